The molecule has 2 atom stereocenters. The van der Waals surface area contributed by atoms with E-state index in [4.69, 9.17) is 9.47 Å². The van der Waals surface area contributed by atoms with Gasteiger partial charge in [-0.3, -0.25) is 14.4 Å². The molecule has 4 rings (SSSR count). The Morgan fingerprint density at radius 3 is 2.15 bits per heavy atom. The zero-order valence-electron chi connectivity index (χ0n) is 28.6. The maximum Gasteiger partial charge on any atom is 0.407 e. The summed E-state index contributed by atoms with van der Waals surface area (Å²) >= 11 is 0. The van der Waals surface area contributed by atoms with Crippen molar-refractivity contribution >= 4 is 23.8 Å². The molecule has 1 aliphatic carbocycles. The smallest absolute Gasteiger partial charge is 0.407 e. The van der Waals surface area contributed by atoms with Crippen LogP contribution in [0.3, 0.4) is 0 Å². The first-order valence-corrected chi connectivity index (χ1v) is 16.9. The van der Waals surface area contributed by atoms with Crippen molar-refractivity contribution in [3.05, 3.63) is 65.7 Å². The minimum Gasteiger partial charge on any atom is -0.490 e. The van der Waals surface area contributed by atoms with Crippen molar-refractivity contribution in [2.75, 3.05) is 33.7 Å². The predicted octanol–water partition coefficient (Wildman–Crippen LogP) is 5.41. The SMILES string of the molecule is CN(C)C(=O)c1ccc(OC2CCN(C(=O)[C@@H](NC(=O)[C@@H](CNC(=O)OCc3ccccc3)CC3CCCC3)C(C)(C)C)CC2)cc1. The molecule has 1 saturated carbocycles. The largest absolute Gasteiger partial charge is 0.490 e. The Kier molecular flexibility index (Phi) is 12.7. The number of hydrogen-bond acceptors (Lipinski definition) is 6. The van der Waals surface area contributed by atoms with Gasteiger partial charge in [0.05, 0.1) is 5.92 Å². The molecular formula is C37H52N4O6. The summed E-state index contributed by atoms with van der Waals surface area (Å²) in [6, 6.07) is 15.9. The number of alkyl carbamates (subject to hydrolysis) is 1. The highest BCUT2D eigenvalue weighted by molar-refractivity contribution is 5.94. The molecular weight excluding hydrogens is 596 g/mol. The van der Waals surface area contributed by atoms with Crippen molar-refractivity contribution in [1.29, 1.82) is 0 Å². The summed E-state index contributed by atoms with van der Waals surface area (Å²) in [6.45, 7) is 7.21. The number of likely N-dealkylation sites (tertiary alicyclic amines) is 1. The molecule has 2 N–H and O–H groups in total. The van der Waals surface area contributed by atoms with Gasteiger partial charge in [-0.05, 0) is 47.6 Å². The number of carbonyl (C=O) groups excluding carboxylic acids is 4. The monoisotopic (exact) mass is 648 g/mol. The average molecular weight is 649 g/mol. The molecule has 2 aliphatic rings. The van der Waals surface area contributed by atoms with Gasteiger partial charge in [-0.2, -0.15) is 0 Å². The van der Waals surface area contributed by atoms with Gasteiger partial charge < -0.3 is 29.9 Å². The first-order chi connectivity index (χ1) is 22.4. The van der Waals surface area contributed by atoms with E-state index in [-0.39, 0.29) is 37.0 Å². The Balaban J connectivity index is 1.32. The van der Waals surface area contributed by atoms with Crippen LogP contribution in [0.2, 0.25) is 0 Å². The molecule has 10 nitrogen and oxygen atoms in total. The number of piperidine rings is 1. The summed E-state index contributed by atoms with van der Waals surface area (Å²) in [4.78, 5) is 55.8. The van der Waals surface area contributed by atoms with E-state index in [0.29, 0.717) is 49.6 Å². The van der Waals surface area contributed by atoms with Crippen molar-refractivity contribution in [3.8, 4) is 5.75 Å². The van der Waals surface area contributed by atoms with Crippen LogP contribution in [0.5, 0.6) is 5.75 Å². The minimum atomic E-state index is -0.717. The quantitative estimate of drug-likeness (QED) is 0.318. The lowest BCUT2D eigenvalue weighted by Gasteiger charge is -2.39. The number of benzene rings is 2. The van der Waals surface area contributed by atoms with Gasteiger partial charge in [0, 0.05) is 52.1 Å². The summed E-state index contributed by atoms with van der Waals surface area (Å²) in [5, 5.41) is 5.90. The molecule has 1 saturated heterocycles. The average Bonchev–Trinajstić information content (AvgIpc) is 3.58. The summed E-state index contributed by atoms with van der Waals surface area (Å²) in [6.07, 6.45) is 5.79. The zero-order valence-corrected chi connectivity index (χ0v) is 28.6. The van der Waals surface area contributed by atoms with Crippen LogP contribution < -0.4 is 15.4 Å². The number of hydrogen-bond donors (Lipinski definition) is 2. The zero-order chi connectivity index (χ0) is 34.0. The van der Waals surface area contributed by atoms with Crippen LogP contribution in [0.25, 0.3) is 0 Å². The maximum absolute atomic E-state index is 13.9. The highest BCUT2D eigenvalue weighted by Crippen LogP contribution is 2.31. The number of rotatable bonds is 12. The number of nitrogens with zero attached hydrogens (tertiary/aromatic N) is 2. The first-order valence-electron chi connectivity index (χ1n) is 16.9. The van der Waals surface area contributed by atoms with Gasteiger partial charge in [0.15, 0.2) is 0 Å². The van der Waals surface area contributed by atoms with Gasteiger partial charge in [-0.15, -0.1) is 0 Å². The van der Waals surface area contributed by atoms with Crippen molar-refractivity contribution < 1.29 is 28.7 Å². The van der Waals surface area contributed by atoms with Crippen LogP contribution in [0.4, 0.5) is 4.79 Å². The summed E-state index contributed by atoms with van der Waals surface area (Å²) < 4.78 is 11.6. The topological polar surface area (TPSA) is 117 Å². The van der Waals surface area contributed by atoms with Gasteiger partial charge in [0.25, 0.3) is 5.91 Å². The second-order valence-electron chi connectivity index (χ2n) is 14.2. The maximum atomic E-state index is 13.9. The third-order valence-corrected chi connectivity index (χ3v) is 9.13. The van der Waals surface area contributed by atoms with Gasteiger partial charge in [0.1, 0.15) is 24.5 Å². The van der Waals surface area contributed by atoms with Crippen LogP contribution in [0.15, 0.2) is 54.6 Å². The lowest BCUT2D eigenvalue weighted by Crippen LogP contribution is -2.58. The van der Waals surface area contributed by atoms with E-state index in [1.807, 2.05) is 56.0 Å². The van der Waals surface area contributed by atoms with E-state index < -0.39 is 23.5 Å². The number of ether oxygens (including phenoxy) is 2. The normalized spacial score (nSPS) is 17.0. The van der Waals surface area contributed by atoms with Crippen molar-refractivity contribution in [2.24, 2.45) is 17.3 Å². The van der Waals surface area contributed by atoms with E-state index in [1.165, 1.54) is 4.90 Å². The Labute approximate surface area is 279 Å². The second kappa shape index (κ2) is 16.7. The molecule has 0 aromatic heterocycles. The minimum absolute atomic E-state index is 0.0550. The Hall–Kier alpha value is -4.08. The fourth-order valence-corrected chi connectivity index (χ4v) is 6.32. The summed E-state index contributed by atoms with van der Waals surface area (Å²) in [5.41, 5.74) is 0.963. The highest BCUT2D eigenvalue weighted by atomic mass is 16.5. The van der Waals surface area contributed by atoms with E-state index in [1.54, 1.807) is 38.4 Å². The van der Waals surface area contributed by atoms with E-state index in [0.717, 1.165) is 31.2 Å². The standard InChI is InChI=1S/C37H52N4O6/c1-37(2,3)32(35(44)41-21-19-31(20-22-41)47-30-17-15-28(16-18-30)34(43)40(4)5)39-33(42)29(23-26-11-9-10-12-26)24-38-36(45)46-25-27-13-7-6-8-14-27/h6-8,13-18,26,29,31-32H,9-12,19-25H2,1-5H3,(H,38,45)(H,39,42)/t29-,32-/m1/s1. The molecule has 1 aliphatic heterocycles. The Morgan fingerprint density at radius 1 is 0.915 bits per heavy atom. The summed E-state index contributed by atoms with van der Waals surface area (Å²) in [5.74, 6) is 0.245. The molecule has 2 aromatic carbocycles. The lowest BCUT2D eigenvalue weighted by atomic mass is 9.84. The fraction of sp³-hybridized carbons (Fsp3) is 0.568. The molecule has 10 heteroatoms. The van der Waals surface area contributed by atoms with Crippen LogP contribution >= 0.6 is 0 Å². The predicted molar refractivity (Wildman–Crippen MR) is 181 cm³/mol. The molecule has 2 fully saturated rings. The molecule has 1 heterocycles. The molecule has 2 aromatic rings. The fourth-order valence-electron chi connectivity index (χ4n) is 6.32. The van der Waals surface area contributed by atoms with Crippen molar-refractivity contribution in [1.82, 2.24) is 20.4 Å². The van der Waals surface area contributed by atoms with Crippen LogP contribution in [-0.2, 0) is 20.9 Å². The van der Waals surface area contributed by atoms with E-state index in [9.17, 15) is 19.2 Å². The third-order valence-electron chi connectivity index (χ3n) is 9.13. The second-order valence-corrected chi connectivity index (χ2v) is 14.2. The highest BCUT2D eigenvalue weighted by Gasteiger charge is 2.39. The van der Waals surface area contributed by atoms with Crippen LogP contribution in [0.1, 0.15) is 81.6 Å². The van der Waals surface area contributed by atoms with Crippen LogP contribution in [0, 0.1) is 17.3 Å². The molecule has 0 unspecified atom stereocenters. The Morgan fingerprint density at radius 2 is 1.55 bits per heavy atom. The number of carbonyl (C=O) groups is 4. The van der Waals surface area contributed by atoms with E-state index in [2.05, 4.69) is 10.6 Å². The van der Waals surface area contributed by atoms with Gasteiger partial charge in [0.2, 0.25) is 11.8 Å². The number of amides is 4. The van der Waals surface area contributed by atoms with Gasteiger partial charge in [-0.1, -0.05) is 76.8 Å². The molecule has 4 amide bonds. The van der Waals surface area contributed by atoms with Crippen LogP contribution in [-0.4, -0.2) is 79.5 Å². The molecule has 47 heavy (non-hydrogen) atoms. The molecule has 0 radical (unpaired) electrons. The van der Waals surface area contributed by atoms with Crippen molar-refractivity contribution in [2.45, 2.75) is 84.5 Å². The third kappa shape index (κ3) is 10.7. The summed E-state index contributed by atoms with van der Waals surface area (Å²) in [7, 11) is 3.44. The van der Waals surface area contributed by atoms with E-state index >= 15 is 0 Å². The Bertz CT molecular complexity index is 1330. The van der Waals surface area contributed by atoms with Crippen molar-refractivity contribution in [3.63, 3.8) is 0 Å². The molecule has 0 bridgehead atoms. The van der Waals surface area contributed by atoms with Gasteiger partial charge >= 0.3 is 6.09 Å². The number of nitrogens with one attached hydrogen (secondary N) is 2. The lowest BCUT2D eigenvalue weighted by molar-refractivity contribution is -0.142. The first kappa shape index (κ1) is 35.8. The molecule has 0 spiro atoms. The van der Waals surface area contributed by atoms with Gasteiger partial charge in [-0.25, -0.2) is 4.79 Å². The molecule has 256 valence electrons.